The zero-order valence-corrected chi connectivity index (χ0v) is 14.7. The maximum Gasteiger partial charge on any atom is 0.277 e. The number of anilines is 1. The summed E-state index contributed by atoms with van der Waals surface area (Å²) in [6.07, 6.45) is -0.505. The average Bonchev–Trinajstić information content (AvgIpc) is 3.17. The van der Waals surface area contributed by atoms with E-state index in [1.165, 1.54) is 24.3 Å². The van der Waals surface area contributed by atoms with Crippen LogP contribution in [0.5, 0.6) is 11.5 Å². The Morgan fingerprint density at radius 3 is 2.74 bits per heavy atom. The molecule has 0 bridgehead atoms. The van der Waals surface area contributed by atoms with Gasteiger partial charge in [-0.1, -0.05) is 23.9 Å². The molecule has 2 aromatic carbocycles. The highest BCUT2D eigenvalue weighted by molar-refractivity contribution is 7.99. The Morgan fingerprint density at radius 2 is 1.93 bits per heavy atom. The molecule has 138 valence electrons. The van der Waals surface area contributed by atoms with E-state index in [0.29, 0.717) is 17.2 Å². The van der Waals surface area contributed by atoms with Crippen molar-refractivity contribution in [3.8, 4) is 11.5 Å². The molecule has 0 saturated carbocycles. The van der Waals surface area contributed by atoms with Gasteiger partial charge in [0.2, 0.25) is 12.0 Å². The third kappa shape index (κ3) is 4.20. The van der Waals surface area contributed by atoms with Crippen LogP contribution in [-0.4, -0.2) is 28.5 Å². The van der Waals surface area contributed by atoms with Crippen LogP contribution in [0.4, 0.5) is 10.1 Å². The van der Waals surface area contributed by atoms with Crippen LogP contribution >= 0.6 is 11.8 Å². The molecule has 0 aliphatic carbocycles. The normalized spacial score (nSPS) is 15.4. The van der Waals surface area contributed by atoms with Crippen molar-refractivity contribution in [2.24, 2.45) is 0 Å². The predicted octanol–water partition coefficient (Wildman–Crippen LogP) is 3.45. The Balaban J connectivity index is 1.32. The molecule has 1 aliphatic rings. The number of para-hydroxylation sites is 2. The second-order valence-corrected chi connectivity index (χ2v) is 6.54. The lowest BCUT2D eigenvalue weighted by molar-refractivity contribution is -0.113. The number of aromatic nitrogens is 2. The van der Waals surface area contributed by atoms with Crippen molar-refractivity contribution in [1.29, 1.82) is 0 Å². The molecular weight excluding hydrogens is 373 g/mol. The fraction of sp³-hybridized carbons (Fsp3) is 0.167. The minimum absolute atomic E-state index is 0.0733. The number of benzene rings is 2. The van der Waals surface area contributed by atoms with Gasteiger partial charge in [0.25, 0.3) is 11.1 Å². The molecule has 1 amide bonds. The molecule has 0 unspecified atom stereocenters. The van der Waals surface area contributed by atoms with Gasteiger partial charge in [0.15, 0.2) is 11.5 Å². The highest BCUT2D eigenvalue weighted by Gasteiger charge is 2.27. The highest BCUT2D eigenvalue weighted by atomic mass is 32.2. The average molecular weight is 387 g/mol. The first-order valence-electron chi connectivity index (χ1n) is 8.07. The van der Waals surface area contributed by atoms with E-state index in [1.807, 2.05) is 18.2 Å². The summed E-state index contributed by atoms with van der Waals surface area (Å²) < 4.78 is 29.9. The fourth-order valence-corrected chi connectivity index (χ4v) is 2.98. The topological polar surface area (TPSA) is 86.5 Å². The van der Waals surface area contributed by atoms with E-state index in [1.54, 1.807) is 6.07 Å². The second-order valence-electron chi connectivity index (χ2n) is 5.61. The van der Waals surface area contributed by atoms with Crippen molar-refractivity contribution in [3.05, 3.63) is 60.2 Å². The van der Waals surface area contributed by atoms with Crippen LogP contribution in [0, 0.1) is 5.82 Å². The number of rotatable bonds is 5. The van der Waals surface area contributed by atoms with Gasteiger partial charge < -0.3 is 19.2 Å². The minimum Gasteiger partial charge on any atom is -0.485 e. The van der Waals surface area contributed by atoms with Gasteiger partial charge in [-0.15, -0.1) is 10.2 Å². The number of halogens is 1. The van der Waals surface area contributed by atoms with Crippen molar-refractivity contribution in [2.45, 2.75) is 11.3 Å². The zero-order chi connectivity index (χ0) is 18.6. The van der Waals surface area contributed by atoms with Gasteiger partial charge in [0.1, 0.15) is 12.4 Å². The van der Waals surface area contributed by atoms with Crippen LogP contribution in [0.1, 0.15) is 12.0 Å². The summed E-state index contributed by atoms with van der Waals surface area (Å²) in [6, 6.07) is 12.9. The molecule has 1 atom stereocenters. The van der Waals surface area contributed by atoms with E-state index in [4.69, 9.17) is 13.9 Å². The molecule has 9 heteroatoms. The Bertz CT molecular complexity index is 948. The molecule has 4 rings (SSSR count). The van der Waals surface area contributed by atoms with Crippen molar-refractivity contribution in [1.82, 2.24) is 10.2 Å². The number of hydrogen-bond donors (Lipinski definition) is 1. The molecule has 0 radical (unpaired) electrons. The molecule has 2 heterocycles. The maximum atomic E-state index is 12.9. The van der Waals surface area contributed by atoms with Gasteiger partial charge in [0, 0.05) is 5.69 Å². The van der Waals surface area contributed by atoms with Crippen molar-refractivity contribution < 1.29 is 23.1 Å². The zero-order valence-electron chi connectivity index (χ0n) is 13.9. The van der Waals surface area contributed by atoms with Crippen LogP contribution in [0.2, 0.25) is 0 Å². The molecule has 0 spiro atoms. The van der Waals surface area contributed by atoms with Gasteiger partial charge in [-0.2, -0.15) is 0 Å². The van der Waals surface area contributed by atoms with E-state index in [9.17, 15) is 9.18 Å². The maximum absolute atomic E-state index is 12.9. The molecular formula is C18H14FN3O4S. The summed E-state index contributed by atoms with van der Waals surface area (Å²) in [5, 5.41) is 10.8. The van der Waals surface area contributed by atoms with Crippen molar-refractivity contribution in [2.75, 3.05) is 17.7 Å². The molecule has 3 aromatic rings. The van der Waals surface area contributed by atoms with Gasteiger partial charge in [-0.25, -0.2) is 4.39 Å². The highest BCUT2D eigenvalue weighted by Crippen LogP contribution is 2.35. The Morgan fingerprint density at radius 1 is 1.15 bits per heavy atom. The number of amides is 1. The first-order chi connectivity index (χ1) is 13.2. The lowest BCUT2D eigenvalue weighted by Gasteiger charge is -2.23. The van der Waals surface area contributed by atoms with Gasteiger partial charge in [-0.05, 0) is 36.4 Å². The molecule has 1 aliphatic heterocycles. The van der Waals surface area contributed by atoms with Crippen LogP contribution in [0.3, 0.4) is 0 Å². The van der Waals surface area contributed by atoms with E-state index in [0.717, 1.165) is 11.8 Å². The smallest absolute Gasteiger partial charge is 0.277 e. The molecule has 0 fully saturated rings. The third-order valence-corrected chi connectivity index (χ3v) is 4.48. The number of nitrogens with zero attached hydrogens (tertiary/aromatic N) is 2. The number of thioether (sulfide) groups is 1. The summed E-state index contributed by atoms with van der Waals surface area (Å²) in [7, 11) is 0. The summed E-state index contributed by atoms with van der Waals surface area (Å²) in [5.74, 6) is 1.00. The summed E-state index contributed by atoms with van der Waals surface area (Å²) in [6.45, 7) is 0.258. The van der Waals surface area contributed by atoms with Crippen LogP contribution in [0.25, 0.3) is 0 Å². The summed E-state index contributed by atoms with van der Waals surface area (Å²) >= 11 is 1.10. The number of ether oxygens (including phenoxy) is 2. The standard InChI is InChI=1S/C18H14FN3O4S/c19-11-5-7-12(8-6-11)20-16(23)10-27-18-22-21-17(26-18)15-9-24-13-3-1-2-4-14(13)25-15/h1-8,15H,9-10H2,(H,20,23)/t15-/m0/s1. The van der Waals surface area contributed by atoms with E-state index in [2.05, 4.69) is 15.5 Å². The van der Waals surface area contributed by atoms with Crippen LogP contribution in [-0.2, 0) is 4.79 Å². The van der Waals surface area contributed by atoms with E-state index in [-0.39, 0.29) is 35.2 Å². The van der Waals surface area contributed by atoms with E-state index >= 15 is 0 Å². The number of carbonyl (C=O) groups excluding carboxylic acids is 1. The monoisotopic (exact) mass is 387 g/mol. The Kier molecular flexibility index (Phi) is 4.93. The SMILES string of the molecule is O=C(CSc1nnc([C@@H]2COc3ccccc3O2)o1)Nc1ccc(F)cc1. The van der Waals surface area contributed by atoms with Crippen molar-refractivity contribution in [3.63, 3.8) is 0 Å². The van der Waals surface area contributed by atoms with Crippen LogP contribution < -0.4 is 14.8 Å². The first-order valence-corrected chi connectivity index (χ1v) is 9.06. The molecule has 1 aromatic heterocycles. The second kappa shape index (κ2) is 7.67. The lowest BCUT2D eigenvalue weighted by atomic mass is 10.2. The fourth-order valence-electron chi connectivity index (χ4n) is 2.41. The molecule has 1 N–H and O–H groups in total. The number of fused-ring (bicyclic) bond motifs is 1. The largest absolute Gasteiger partial charge is 0.485 e. The predicted molar refractivity (Wildman–Crippen MR) is 95.4 cm³/mol. The van der Waals surface area contributed by atoms with Gasteiger partial charge in [0.05, 0.1) is 5.75 Å². The van der Waals surface area contributed by atoms with E-state index < -0.39 is 6.10 Å². The Labute approximate surface area is 157 Å². The number of hydrogen-bond acceptors (Lipinski definition) is 7. The lowest BCUT2D eigenvalue weighted by Crippen LogP contribution is -2.21. The van der Waals surface area contributed by atoms with Gasteiger partial charge >= 0.3 is 0 Å². The quantitative estimate of drug-likeness (QED) is 0.671. The molecule has 27 heavy (non-hydrogen) atoms. The third-order valence-electron chi connectivity index (χ3n) is 3.66. The number of nitrogens with one attached hydrogen (secondary N) is 1. The van der Waals surface area contributed by atoms with Gasteiger partial charge in [-0.3, -0.25) is 4.79 Å². The van der Waals surface area contributed by atoms with Crippen LogP contribution in [0.15, 0.2) is 58.2 Å². The minimum atomic E-state index is -0.505. The first kappa shape index (κ1) is 17.3. The Hall–Kier alpha value is -3.07. The molecule has 7 nitrogen and oxygen atoms in total. The summed E-state index contributed by atoms with van der Waals surface area (Å²) in [5.41, 5.74) is 0.514. The number of carbonyl (C=O) groups is 1. The van der Waals surface area contributed by atoms with Crippen molar-refractivity contribution >= 4 is 23.4 Å². The molecule has 0 saturated heterocycles. The summed E-state index contributed by atoms with van der Waals surface area (Å²) in [4.78, 5) is 12.0.